The van der Waals surface area contributed by atoms with E-state index in [1.54, 1.807) is 36.2 Å². The van der Waals surface area contributed by atoms with Gasteiger partial charge in [0.1, 0.15) is 5.82 Å². The van der Waals surface area contributed by atoms with Crippen molar-refractivity contribution < 1.29 is 13.9 Å². The van der Waals surface area contributed by atoms with Crippen molar-refractivity contribution in [3.05, 3.63) is 53.9 Å². The van der Waals surface area contributed by atoms with Gasteiger partial charge >= 0.3 is 0 Å². The quantitative estimate of drug-likeness (QED) is 0.864. The van der Waals surface area contributed by atoms with E-state index in [1.165, 1.54) is 12.1 Å². The van der Waals surface area contributed by atoms with E-state index in [0.717, 1.165) is 18.4 Å². The Bertz CT molecular complexity index is 699. The number of halogens is 1. The van der Waals surface area contributed by atoms with Crippen molar-refractivity contribution in [3.8, 4) is 0 Å². The van der Waals surface area contributed by atoms with Crippen LogP contribution in [0.25, 0.3) is 0 Å². The van der Waals surface area contributed by atoms with Crippen LogP contribution in [0.5, 0.6) is 0 Å². The fourth-order valence-electron chi connectivity index (χ4n) is 3.35. The molecule has 1 aliphatic rings. The van der Waals surface area contributed by atoms with Gasteiger partial charge in [0, 0.05) is 33.1 Å². The fraction of sp³-hybridized carbons (Fsp3) is 0.444. The first kappa shape index (κ1) is 16.6. The summed E-state index contributed by atoms with van der Waals surface area (Å²) in [5.41, 5.74) is 0.989. The number of rotatable bonds is 4. The van der Waals surface area contributed by atoms with Crippen LogP contribution in [0.2, 0.25) is 0 Å². The predicted octanol–water partition coefficient (Wildman–Crippen LogP) is 2.42. The Labute approximate surface area is 141 Å². The molecule has 0 saturated carbocycles. The van der Waals surface area contributed by atoms with E-state index in [4.69, 9.17) is 4.74 Å². The molecular weight excluding hydrogens is 309 g/mol. The van der Waals surface area contributed by atoms with Gasteiger partial charge in [-0.2, -0.15) is 0 Å². The van der Waals surface area contributed by atoms with Crippen LogP contribution in [0, 0.1) is 5.82 Å². The molecule has 0 radical (unpaired) electrons. The Morgan fingerprint density at radius 2 is 2.12 bits per heavy atom. The molecule has 1 fully saturated rings. The highest BCUT2D eigenvalue weighted by atomic mass is 19.1. The van der Waals surface area contributed by atoms with Gasteiger partial charge in [-0.15, -0.1) is 0 Å². The lowest BCUT2D eigenvalue weighted by Gasteiger charge is -2.40. The third kappa shape index (κ3) is 3.33. The van der Waals surface area contributed by atoms with Crippen LogP contribution in [0.15, 0.2) is 36.7 Å². The minimum absolute atomic E-state index is 0.0342. The molecule has 1 aliphatic heterocycles. The number of carbonyl (C=O) groups excluding carboxylic acids is 1. The number of amides is 1. The van der Waals surface area contributed by atoms with Crippen molar-refractivity contribution in [2.75, 3.05) is 13.7 Å². The van der Waals surface area contributed by atoms with E-state index in [-0.39, 0.29) is 23.9 Å². The van der Waals surface area contributed by atoms with Crippen molar-refractivity contribution in [3.63, 3.8) is 0 Å². The standard InChI is InChI=1S/C18H22FN3O2/c1-21-11-9-20-17(21)18(23)22-10-3-4-16(24-2)15(22)12-13-5-7-14(19)8-6-13/h5-9,11,15-16H,3-4,10,12H2,1-2H3/t15-,16-/m0/s1. The Kier molecular flexibility index (Phi) is 4.94. The zero-order valence-corrected chi connectivity index (χ0v) is 14.0. The molecule has 1 aromatic carbocycles. The second-order valence-corrected chi connectivity index (χ2v) is 6.17. The van der Waals surface area contributed by atoms with E-state index < -0.39 is 0 Å². The minimum atomic E-state index is -0.258. The van der Waals surface area contributed by atoms with Crippen LogP contribution in [0.3, 0.4) is 0 Å². The predicted molar refractivity (Wildman–Crippen MR) is 88.2 cm³/mol. The first-order valence-corrected chi connectivity index (χ1v) is 8.15. The summed E-state index contributed by atoms with van der Waals surface area (Å²) in [4.78, 5) is 19.0. The summed E-state index contributed by atoms with van der Waals surface area (Å²) >= 11 is 0. The van der Waals surface area contributed by atoms with Gasteiger partial charge in [0.25, 0.3) is 5.91 Å². The molecular formula is C18H22FN3O2. The Morgan fingerprint density at radius 3 is 2.75 bits per heavy atom. The molecule has 3 rings (SSSR count). The molecule has 24 heavy (non-hydrogen) atoms. The number of piperidine rings is 1. The molecule has 2 atom stereocenters. The molecule has 2 heterocycles. The summed E-state index contributed by atoms with van der Waals surface area (Å²) in [6, 6.07) is 6.34. The second kappa shape index (κ2) is 7.13. The van der Waals surface area contributed by atoms with Gasteiger partial charge in [0.15, 0.2) is 5.82 Å². The van der Waals surface area contributed by atoms with Crippen LogP contribution in [-0.4, -0.2) is 46.2 Å². The van der Waals surface area contributed by atoms with Crippen LogP contribution < -0.4 is 0 Å². The van der Waals surface area contributed by atoms with Gasteiger partial charge in [-0.05, 0) is 37.0 Å². The monoisotopic (exact) mass is 331 g/mol. The minimum Gasteiger partial charge on any atom is -0.379 e. The first-order valence-electron chi connectivity index (χ1n) is 8.15. The Morgan fingerprint density at radius 1 is 1.38 bits per heavy atom. The Balaban J connectivity index is 1.86. The van der Waals surface area contributed by atoms with Gasteiger partial charge in [-0.3, -0.25) is 4.79 Å². The molecule has 5 nitrogen and oxygen atoms in total. The van der Waals surface area contributed by atoms with Crippen molar-refractivity contribution in [2.24, 2.45) is 7.05 Å². The summed E-state index contributed by atoms with van der Waals surface area (Å²) < 4.78 is 20.5. The third-order valence-electron chi connectivity index (χ3n) is 4.65. The molecule has 0 bridgehead atoms. The highest BCUT2D eigenvalue weighted by molar-refractivity contribution is 5.91. The van der Waals surface area contributed by atoms with Crippen LogP contribution in [-0.2, 0) is 18.2 Å². The number of aromatic nitrogens is 2. The normalized spacial score (nSPS) is 21.0. The second-order valence-electron chi connectivity index (χ2n) is 6.17. The maximum atomic E-state index is 13.1. The van der Waals surface area contributed by atoms with Gasteiger partial charge in [0.05, 0.1) is 12.1 Å². The van der Waals surface area contributed by atoms with E-state index in [0.29, 0.717) is 18.8 Å². The molecule has 1 amide bonds. The van der Waals surface area contributed by atoms with Gasteiger partial charge in [-0.25, -0.2) is 9.37 Å². The van der Waals surface area contributed by atoms with E-state index in [9.17, 15) is 9.18 Å². The van der Waals surface area contributed by atoms with Crippen LogP contribution in [0.1, 0.15) is 29.0 Å². The molecule has 0 N–H and O–H groups in total. The zero-order chi connectivity index (χ0) is 17.1. The number of aryl methyl sites for hydroxylation is 1. The number of imidazole rings is 1. The number of likely N-dealkylation sites (tertiary alicyclic amines) is 1. The smallest absolute Gasteiger partial charge is 0.290 e. The molecule has 6 heteroatoms. The lowest BCUT2D eigenvalue weighted by molar-refractivity contribution is -0.0124. The zero-order valence-electron chi connectivity index (χ0n) is 14.0. The lowest BCUT2D eigenvalue weighted by atomic mass is 9.92. The lowest BCUT2D eigenvalue weighted by Crippen LogP contribution is -2.53. The average Bonchev–Trinajstić information content (AvgIpc) is 3.02. The molecule has 0 unspecified atom stereocenters. The highest BCUT2D eigenvalue weighted by Crippen LogP contribution is 2.25. The van der Waals surface area contributed by atoms with E-state index in [1.807, 2.05) is 11.9 Å². The van der Waals surface area contributed by atoms with Gasteiger partial charge in [0.2, 0.25) is 0 Å². The number of carbonyl (C=O) groups is 1. The Hall–Kier alpha value is -2.21. The molecule has 128 valence electrons. The van der Waals surface area contributed by atoms with Crippen molar-refractivity contribution in [2.45, 2.75) is 31.4 Å². The van der Waals surface area contributed by atoms with Crippen molar-refractivity contribution in [1.82, 2.24) is 14.5 Å². The van der Waals surface area contributed by atoms with Gasteiger partial charge in [-0.1, -0.05) is 12.1 Å². The van der Waals surface area contributed by atoms with Crippen LogP contribution in [0.4, 0.5) is 4.39 Å². The number of nitrogens with zero attached hydrogens (tertiary/aromatic N) is 3. The van der Waals surface area contributed by atoms with Crippen molar-refractivity contribution >= 4 is 5.91 Å². The number of methoxy groups -OCH3 is 1. The average molecular weight is 331 g/mol. The number of hydrogen-bond donors (Lipinski definition) is 0. The first-order chi connectivity index (χ1) is 11.6. The highest BCUT2D eigenvalue weighted by Gasteiger charge is 2.36. The number of hydrogen-bond acceptors (Lipinski definition) is 3. The third-order valence-corrected chi connectivity index (χ3v) is 4.65. The molecule has 0 aliphatic carbocycles. The summed E-state index contributed by atoms with van der Waals surface area (Å²) in [5.74, 6) is 0.0823. The maximum absolute atomic E-state index is 13.1. The molecule has 1 aromatic heterocycles. The van der Waals surface area contributed by atoms with Crippen LogP contribution >= 0.6 is 0 Å². The number of benzene rings is 1. The molecule has 2 aromatic rings. The maximum Gasteiger partial charge on any atom is 0.290 e. The van der Waals surface area contributed by atoms with E-state index >= 15 is 0 Å². The van der Waals surface area contributed by atoms with E-state index in [2.05, 4.69) is 4.98 Å². The largest absolute Gasteiger partial charge is 0.379 e. The van der Waals surface area contributed by atoms with Crippen molar-refractivity contribution in [1.29, 1.82) is 0 Å². The molecule has 0 spiro atoms. The summed E-state index contributed by atoms with van der Waals surface area (Å²) in [5, 5.41) is 0. The summed E-state index contributed by atoms with van der Waals surface area (Å²) in [6.45, 7) is 0.678. The summed E-state index contributed by atoms with van der Waals surface area (Å²) in [6.07, 6.45) is 5.80. The molecule has 1 saturated heterocycles. The number of ether oxygens (including phenoxy) is 1. The summed E-state index contributed by atoms with van der Waals surface area (Å²) in [7, 11) is 3.49. The van der Waals surface area contributed by atoms with Gasteiger partial charge < -0.3 is 14.2 Å². The SMILES string of the molecule is CO[C@H]1CCCN(C(=O)c2nccn2C)[C@H]1Cc1ccc(F)cc1. The topological polar surface area (TPSA) is 47.4 Å². The fourth-order valence-corrected chi connectivity index (χ4v) is 3.35.